The highest BCUT2D eigenvalue weighted by Gasteiger charge is 2.29. The van der Waals surface area contributed by atoms with Crippen LogP contribution in [-0.2, 0) is 0 Å². The van der Waals surface area contributed by atoms with Crippen molar-refractivity contribution in [2.75, 3.05) is 39.3 Å². The van der Waals surface area contributed by atoms with Crippen molar-refractivity contribution < 1.29 is 4.74 Å². The standard InChI is InChI=1S/C21H24Cl2N2O/c22-17-5-3-16(4-6-17)21-19-15-18(23)7-8-20(19)26-14-13-25(21)12-11-24-9-1-2-10-24/h3-8,15,21H,1-2,9-14H2. The monoisotopic (exact) mass is 390 g/mol. The first-order valence-corrected chi connectivity index (χ1v) is 10.1. The van der Waals surface area contributed by atoms with Gasteiger partial charge in [-0.15, -0.1) is 0 Å². The normalized spacial score (nSPS) is 21.2. The molecule has 2 aliphatic rings. The predicted octanol–water partition coefficient (Wildman–Crippen LogP) is 4.87. The van der Waals surface area contributed by atoms with Gasteiger partial charge in [0.25, 0.3) is 0 Å². The molecule has 4 rings (SSSR count). The quantitative estimate of drug-likeness (QED) is 0.740. The number of likely N-dealkylation sites (tertiary alicyclic amines) is 1. The lowest BCUT2D eigenvalue weighted by Crippen LogP contribution is -2.37. The Morgan fingerprint density at radius 2 is 1.62 bits per heavy atom. The Bertz CT molecular complexity index is 744. The first kappa shape index (κ1) is 18.1. The lowest BCUT2D eigenvalue weighted by Gasteiger charge is -2.32. The maximum atomic E-state index is 6.33. The molecule has 0 bridgehead atoms. The smallest absolute Gasteiger partial charge is 0.124 e. The molecule has 0 aliphatic carbocycles. The van der Waals surface area contributed by atoms with E-state index in [0.29, 0.717) is 6.61 Å². The van der Waals surface area contributed by atoms with E-state index in [1.165, 1.54) is 31.5 Å². The van der Waals surface area contributed by atoms with Gasteiger partial charge in [-0.3, -0.25) is 4.90 Å². The van der Waals surface area contributed by atoms with Gasteiger partial charge in [-0.25, -0.2) is 0 Å². The van der Waals surface area contributed by atoms with E-state index in [1.807, 2.05) is 30.3 Å². The number of hydrogen-bond donors (Lipinski definition) is 0. The summed E-state index contributed by atoms with van der Waals surface area (Å²) in [6.07, 6.45) is 2.64. The lowest BCUT2D eigenvalue weighted by molar-refractivity contribution is 0.177. The molecular formula is C21H24Cl2N2O. The highest BCUT2D eigenvalue weighted by atomic mass is 35.5. The maximum Gasteiger partial charge on any atom is 0.124 e. The molecule has 2 heterocycles. The molecule has 3 nitrogen and oxygen atoms in total. The van der Waals surface area contributed by atoms with Crippen LogP contribution in [-0.4, -0.2) is 49.1 Å². The largest absolute Gasteiger partial charge is 0.492 e. The summed E-state index contributed by atoms with van der Waals surface area (Å²) in [5.41, 5.74) is 2.36. The van der Waals surface area contributed by atoms with E-state index >= 15 is 0 Å². The van der Waals surface area contributed by atoms with Crippen LogP contribution in [0.15, 0.2) is 42.5 Å². The fourth-order valence-corrected chi connectivity index (χ4v) is 4.32. The summed E-state index contributed by atoms with van der Waals surface area (Å²) in [6, 6.07) is 14.2. The van der Waals surface area contributed by atoms with Crippen molar-refractivity contribution >= 4 is 23.2 Å². The van der Waals surface area contributed by atoms with Gasteiger partial charge in [0.2, 0.25) is 0 Å². The minimum Gasteiger partial charge on any atom is -0.492 e. The average molecular weight is 391 g/mol. The molecule has 0 amide bonds. The molecule has 1 unspecified atom stereocenters. The Morgan fingerprint density at radius 1 is 0.885 bits per heavy atom. The molecule has 2 aliphatic heterocycles. The molecule has 26 heavy (non-hydrogen) atoms. The van der Waals surface area contributed by atoms with E-state index in [-0.39, 0.29) is 6.04 Å². The van der Waals surface area contributed by atoms with Gasteiger partial charge in [-0.2, -0.15) is 0 Å². The molecule has 1 atom stereocenters. The summed E-state index contributed by atoms with van der Waals surface area (Å²) >= 11 is 12.5. The molecule has 0 spiro atoms. The Kier molecular flexibility index (Phi) is 5.70. The molecular weight excluding hydrogens is 367 g/mol. The van der Waals surface area contributed by atoms with Crippen molar-refractivity contribution in [2.24, 2.45) is 0 Å². The van der Waals surface area contributed by atoms with Gasteiger partial charge in [-0.1, -0.05) is 35.3 Å². The first-order valence-electron chi connectivity index (χ1n) is 9.35. The second kappa shape index (κ2) is 8.18. The summed E-state index contributed by atoms with van der Waals surface area (Å²) in [4.78, 5) is 5.08. The summed E-state index contributed by atoms with van der Waals surface area (Å²) in [5, 5.41) is 1.50. The molecule has 0 radical (unpaired) electrons. The highest BCUT2D eigenvalue weighted by Crippen LogP contribution is 2.38. The average Bonchev–Trinajstić information content (AvgIpc) is 3.09. The van der Waals surface area contributed by atoms with Crippen molar-refractivity contribution in [3.63, 3.8) is 0 Å². The third kappa shape index (κ3) is 4.01. The number of rotatable bonds is 4. The zero-order valence-corrected chi connectivity index (χ0v) is 16.3. The third-order valence-electron chi connectivity index (χ3n) is 5.36. The van der Waals surface area contributed by atoms with Crippen LogP contribution in [0.3, 0.4) is 0 Å². The molecule has 0 N–H and O–H groups in total. The van der Waals surface area contributed by atoms with Crippen molar-refractivity contribution in [1.29, 1.82) is 0 Å². The number of benzene rings is 2. The van der Waals surface area contributed by atoms with Crippen molar-refractivity contribution in [3.8, 4) is 5.75 Å². The molecule has 5 heteroatoms. The molecule has 2 aromatic rings. The van der Waals surface area contributed by atoms with Crippen LogP contribution in [0.1, 0.15) is 30.0 Å². The van der Waals surface area contributed by atoms with Gasteiger partial charge in [0.1, 0.15) is 12.4 Å². The zero-order valence-electron chi connectivity index (χ0n) is 14.8. The van der Waals surface area contributed by atoms with Gasteiger partial charge in [-0.05, 0) is 61.8 Å². The zero-order chi connectivity index (χ0) is 17.9. The van der Waals surface area contributed by atoms with Crippen molar-refractivity contribution in [1.82, 2.24) is 9.80 Å². The van der Waals surface area contributed by atoms with E-state index in [9.17, 15) is 0 Å². The van der Waals surface area contributed by atoms with Crippen molar-refractivity contribution in [3.05, 3.63) is 63.6 Å². The third-order valence-corrected chi connectivity index (χ3v) is 5.84. The van der Waals surface area contributed by atoms with Crippen LogP contribution in [0, 0.1) is 0 Å². The van der Waals surface area contributed by atoms with Gasteiger partial charge < -0.3 is 9.64 Å². The Labute approximate surface area is 165 Å². The number of halogens is 2. The van der Waals surface area contributed by atoms with E-state index in [2.05, 4.69) is 21.9 Å². The predicted molar refractivity (Wildman–Crippen MR) is 107 cm³/mol. The molecule has 138 valence electrons. The fraction of sp³-hybridized carbons (Fsp3) is 0.429. The van der Waals surface area contributed by atoms with Crippen molar-refractivity contribution in [2.45, 2.75) is 18.9 Å². The van der Waals surface area contributed by atoms with E-state index in [4.69, 9.17) is 27.9 Å². The van der Waals surface area contributed by atoms with Gasteiger partial charge in [0, 0.05) is 35.2 Å². The van der Waals surface area contributed by atoms with Crippen LogP contribution in [0.2, 0.25) is 10.0 Å². The summed E-state index contributed by atoms with van der Waals surface area (Å²) < 4.78 is 6.04. The number of ether oxygens (including phenoxy) is 1. The molecule has 0 aromatic heterocycles. The Balaban J connectivity index is 1.67. The Hall–Kier alpha value is -1.26. The minimum atomic E-state index is 0.131. The second-order valence-electron chi connectivity index (χ2n) is 7.07. The maximum absolute atomic E-state index is 6.33. The highest BCUT2D eigenvalue weighted by molar-refractivity contribution is 6.31. The van der Waals surface area contributed by atoms with E-state index < -0.39 is 0 Å². The minimum absolute atomic E-state index is 0.131. The second-order valence-corrected chi connectivity index (χ2v) is 7.94. The molecule has 0 saturated carbocycles. The number of nitrogens with zero attached hydrogens (tertiary/aromatic N) is 2. The van der Waals surface area contributed by atoms with E-state index in [1.54, 1.807) is 0 Å². The number of fused-ring (bicyclic) bond motifs is 1. The molecule has 2 aromatic carbocycles. The summed E-state index contributed by atoms with van der Waals surface area (Å²) in [7, 11) is 0. The fourth-order valence-electron chi connectivity index (χ4n) is 4.02. The van der Waals surface area contributed by atoms with Crippen LogP contribution < -0.4 is 4.74 Å². The number of hydrogen-bond acceptors (Lipinski definition) is 3. The van der Waals surface area contributed by atoms with Gasteiger partial charge in [0.05, 0.1) is 6.04 Å². The van der Waals surface area contributed by atoms with Gasteiger partial charge in [0.15, 0.2) is 0 Å². The van der Waals surface area contributed by atoms with Crippen LogP contribution in [0.5, 0.6) is 5.75 Å². The van der Waals surface area contributed by atoms with Crippen LogP contribution >= 0.6 is 23.2 Å². The topological polar surface area (TPSA) is 15.7 Å². The summed E-state index contributed by atoms with van der Waals surface area (Å²) in [6.45, 7) is 6.14. The molecule has 1 saturated heterocycles. The van der Waals surface area contributed by atoms with E-state index in [0.717, 1.165) is 41.0 Å². The Morgan fingerprint density at radius 3 is 2.38 bits per heavy atom. The lowest BCUT2D eigenvalue weighted by atomic mass is 9.96. The van der Waals surface area contributed by atoms with Crippen LogP contribution in [0.4, 0.5) is 0 Å². The first-order chi connectivity index (χ1) is 12.7. The summed E-state index contributed by atoms with van der Waals surface area (Å²) in [5.74, 6) is 0.929. The van der Waals surface area contributed by atoms with Gasteiger partial charge >= 0.3 is 0 Å². The molecule has 1 fully saturated rings. The van der Waals surface area contributed by atoms with Crippen LogP contribution in [0.25, 0.3) is 0 Å². The SMILES string of the molecule is Clc1ccc(C2c3cc(Cl)ccc3OCCN2CCN2CCCC2)cc1.